The van der Waals surface area contributed by atoms with Gasteiger partial charge < -0.3 is 20.2 Å². The largest absolute Gasteiger partial charge is 0.478 e. The number of hydrogen-bond donors (Lipinski definition) is 2. The van der Waals surface area contributed by atoms with Crippen LogP contribution >= 0.6 is 0 Å². The molecule has 7 nitrogen and oxygen atoms in total. The van der Waals surface area contributed by atoms with Gasteiger partial charge >= 0.3 is 5.97 Å². The third-order valence-electron chi connectivity index (χ3n) is 6.16. The van der Waals surface area contributed by atoms with Crippen molar-refractivity contribution in [3.63, 3.8) is 0 Å². The lowest BCUT2D eigenvalue weighted by molar-refractivity contribution is 0.0697. The predicted molar refractivity (Wildman–Crippen MR) is 133 cm³/mol. The van der Waals surface area contributed by atoms with Gasteiger partial charge in [-0.15, -0.1) is 0 Å². The Morgan fingerprint density at radius 1 is 0.794 bits per heavy atom. The Hall–Kier alpha value is -4.13. The maximum atomic E-state index is 12.7. The second-order valence-corrected chi connectivity index (χ2v) is 8.38. The number of amides is 1. The number of carbonyl (C=O) groups excluding carboxylic acids is 2. The number of benzene rings is 3. The molecule has 0 saturated carbocycles. The Kier molecular flexibility index (Phi) is 6.63. The number of carboxylic acid groups (broad SMARTS) is 1. The van der Waals surface area contributed by atoms with Crippen LogP contribution < -0.4 is 15.1 Å². The maximum absolute atomic E-state index is 12.7. The first-order valence-corrected chi connectivity index (χ1v) is 11.2. The van der Waals surface area contributed by atoms with E-state index in [0.717, 1.165) is 43.1 Å². The molecule has 0 radical (unpaired) electrons. The predicted octanol–water partition coefficient (Wildman–Crippen LogP) is 4.47. The Morgan fingerprint density at radius 2 is 1.38 bits per heavy atom. The number of Topliss-reactive ketones (excluding diaryl/α,β-unsaturated/α-hetero) is 1. The van der Waals surface area contributed by atoms with Gasteiger partial charge in [-0.25, -0.2) is 4.79 Å². The van der Waals surface area contributed by atoms with E-state index in [-0.39, 0.29) is 22.9 Å². The molecule has 174 valence electrons. The zero-order chi connectivity index (χ0) is 24.2. The van der Waals surface area contributed by atoms with E-state index in [1.54, 1.807) is 31.2 Å². The summed E-state index contributed by atoms with van der Waals surface area (Å²) in [5, 5.41) is 12.5. The maximum Gasteiger partial charge on any atom is 0.337 e. The van der Waals surface area contributed by atoms with Crippen molar-refractivity contribution in [3.8, 4) is 0 Å². The summed E-state index contributed by atoms with van der Waals surface area (Å²) in [5.41, 5.74) is 4.22. The van der Waals surface area contributed by atoms with Gasteiger partial charge in [0.2, 0.25) is 0 Å². The molecule has 34 heavy (non-hydrogen) atoms. The molecule has 1 saturated heterocycles. The molecule has 3 aromatic rings. The summed E-state index contributed by atoms with van der Waals surface area (Å²) in [6, 6.07) is 19.9. The second-order valence-electron chi connectivity index (χ2n) is 8.38. The molecule has 1 amide bonds. The van der Waals surface area contributed by atoms with Gasteiger partial charge in [-0.05, 0) is 67.9 Å². The van der Waals surface area contributed by atoms with E-state index in [1.807, 2.05) is 49.4 Å². The van der Waals surface area contributed by atoms with Gasteiger partial charge in [-0.2, -0.15) is 0 Å². The summed E-state index contributed by atoms with van der Waals surface area (Å²) in [4.78, 5) is 40.5. The van der Waals surface area contributed by atoms with Crippen molar-refractivity contribution in [2.45, 2.75) is 13.8 Å². The molecule has 0 aromatic heterocycles. The molecular weight excluding hydrogens is 430 g/mol. The van der Waals surface area contributed by atoms with E-state index in [4.69, 9.17) is 0 Å². The molecule has 0 aliphatic carbocycles. The zero-order valence-corrected chi connectivity index (χ0v) is 19.2. The molecule has 0 atom stereocenters. The van der Waals surface area contributed by atoms with Crippen LogP contribution in [0.25, 0.3) is 0 Å². The Balaban J connectivity index is 1.46. The number of nitrogens with zero attached hydrogens (tertiary/aromatic N) is 2. The SMILES string of the molecule is CC(=O)c1ccc(N2CCN(c3ccc(NC(=O)c4ccccc4C)c(C(=O)O)c3)CC2)cc1. The Bertz CT molecular complexity index is 1230. The number of ketones is 1. The van der Waals surface area contributed by atoms with Crippen LogP contribution in [-0.4, -0.2) is 48.9 Å². The highest BCUT2D eigenvalue weighted by molar-refractivity contribution is 6.08. The van der Waals surface area contributed by atoms with E-state index in [1.165, 1.54) is 0 Å². The molecule has 4 rings (SSSR count). The average molecular weight is 458 g/mol. The van der Waals surface area contributed by atoms with E-state index in [9.17, 15) is 19.5 Å². The van der Waals surface area contributed by atoms with Crippen molar-refractivity contribution in [2.75, 3.05) is 41.3 Å². The van der Waals surface area contributed by atoms with Gasteiger partial charge in [0.1, 0.15) is 0 Å². The molecule has 3 aromatic carbocycles. The fourth-order valence-electron chi connectivity index (χ4n) is 4.16. The molecule has 1 aliphatic heterocycles. The first-order valence-electron chi connectivity index (χ1n) is 11.2. The second kappa shape index (κ2) is 9.79. The summed E-state index contributed by atoms with van der Waals surface area (Å²) in [7, 11) is 0. The van der Waals surface area contributed by atoms with Crippen LogP contribution in [0.4, 0.5) is 17.1 Å². The number of carbonyl (C=O) groups is 3. The van der Waals surface area contributed by atoms with Crippen LogP contribution in [-0.2, 0) is 0 Å². The average Bonchev–Trinajstić information content (AvgIpc) is 2.84. The minimum absolute atomic E-state index is 0.0455. The molecular formula is C27H27N3O4. The number of nitrogens with one attached hydrogen (secondary N) is 1. The fraction of sp³-hybridized carbons (Fsp3) is 0.222. The molecule has 1 aliphatic rings. The van der Waals surface area contributed by atoms with Gasteiger partial charge in [0.15, 0.2) is 5.78 Å². The number of aryl methyl sites for hydroxylation is 1. The number of piperazine rings is 1. The zero-order valence-electron chi connectivity index (χ0n) is 19.2. The van der Waals surface area contributed by atoms with Crippen LogP contribution in [0.15, 0.2) is 66.7 Å². The van der Waals surface area contributed by atoms with Crippen molar-refractivity contribution >= 4 is 34.7 Å². The third-order valence-corrected chi connectivity index (χ3v) is 6.16. The van der Waals surface area contributed by atoms with Gasteiger partial charge in [0.25, 0.3) is 5.91 Å². The van der Waals surface area contributed by atoms with Crippen molar-refractivity contribution in [2.24, 2.45) is 0 Å². The van der Waals surface area contributed by atoms with Crippen molar-refractivity contribution in [1.29, 1.82) is 0 Å². The van der Waals surface area contributed by atoms with Crippen LogP contribution in [0.1, 0.15) is 43.6 Å². The Morgan fingerprint density at radius 3 is 1.97 bits per heavy atom. The van der Waals surface area contributed by atoms with Crippen molar-refractivity contribution in [3.05, 3.63) is 89.0 Å². The molecule has 0 spiro atoms. The van der Waals surface area contributed by atoms with E-state index in [2.05, 4.69) is 15.1 Å². The summed E-state index contributed by atoms with van der Waals surface area (Å²) in [5.74, 6) is -1.38. The van der Waals surface area contributed by atoms with Crippen LogP contribution in [0, 0.1) is 6.92 Å². The number of hydrogen-bond acceptors (Lipinski definition) is 5. The number of carboxylic acids is 1. The lowest BCUT2D eigenvalue weighted by Crippen LogP contribution is -2.46. The summed E-state index contributed by atoms with van der Waals surface area (Å²) in [6.45, 7) is 6.39. The lowest BCUT2D eigenvalue weighted by atomic mass is 10.1. The minimum atomic E-state index is -1.09. The normalized spacial score (nSPS) is 13.5. The highest BCUT2D eigenvalue weighted by Crippen LogP contribution is 2.26. The molecule has 0 unspecified atom stereocenters. The lowest BCUT2D eigenvalue weighted by Gasteiger charge is -2.37. The molecule has 1 fully saturated rings. The van der Waals surface area contributed by atoms with E-state index < -0.39 is 5.97 Å². The van der Waals surface area contributed by atoms with Crippen LogP contribution in [0.5, 0.6) is 0 Å². The monoisotopic (exact) mass is 457 g/mol. The third kappa shape index (κ3) is 4.93. The molecule has 7 heteroatoms. The van der Waals surface area contributed by atoms with Gasteiger partial charge in [-0.3, -0.25) is 9.59 Å². The van der Waals surface area contributed by atoms with Crippen molar-refractivity contribution in [1.82, 2.24) is 0 Å². The van der Waals surface area contributed by atoms with E-state index >= 15 is 0 Å². The summed E-state index contributed by atoms with van der Waals surface area (Å²) in [6.07, 6.45) is 0. The highest BCUT2D eigenvalue weighted by atomic mass is 16.4. The fourth-order valence-corrected chi connectivity index (χ4v) is 4.16. The molecule has 2 N–H and O–H groups in total. The van der Waals surface area contributed by atoms with Crippen molar-refractivity contribution < 1.29 is 19.5 Å². The topological polar surface area (TPSA) is 90.0 Å². The quantitative estimate of drug-likeness (QED) is 0.531. The summed E-state index contributed by atoms with van der Waals surface area (Å²) < 4.78 is 0. The van der Waals surface area contributed by atoms with Gasteiger partial charge in [-0.1, -0.05) is 18.2 Å². The summed E-state index contributed by atoms with van der Waals surface area (Å²) >= 11 is 0. The first-order chi connectivity index (χ1) is 16.3. The standard InChI is InChI=1S/C27H27N3O4/c1-18-5-3-4-6-23(18)26(32)28-25-12-11-22(17-24(25)27(33)34)30-15-13-29(14-16-30)21-9-7-20(8-10-21)19(2)31/h3-12,17H,13-16H2,1-2H3,(H,28,32)(H,33,34). The first kappa shape index (κ1) is 23.0. The molecule has 0 bridgehead atoms. The highest BCUT2D eigenvalue weighted by Gasteiger charge is 2.21. The van der Waals surface area contributed by atoms with Crippen LogP contribution in [0.2, 0.25) is 0 Å². The van der Waals surface area contributed by atoms with Gasteiger partial charge in [0, 0.05) is 48.7 Å². The molecule has 1 heterocycles. The van der Waals surface area contributed by atoms with E-state index in [0.29, 0.717) is 11.1 Å². The minimum Gasteiger partial charge on any atom is -0.478 e. The smallest absolute Gasteiger partial charge is 0.337 e. The number of rotatable bonds is 6. The number of aromatic carboxylic acids is 1. The Labute approximate surface area is 198 Å². The van der Waals surface area contributed by atoms with Crippen LogP contribution in [0.3, 0.4) is 0 Å². The number of anilines is 3. The van der Waals surface area contributed by atoms with Gasteiger partial charge in [0.05, 0.1) is 11.3 Å².